The Morgan fingerprint density at radius 1 is 1.12 bits per heavy atom. The molecule has 0 amide bonds. The summed E-state index contributed by atoms with van der Waals surface area (Å²) in [6, 6.07) is 9.99. The van der Waals surface area contributed by atoms with Crippen molar-refractivity contribution in [1.29, 1.82) is 0 Å². The van der Waals surface area contributed by atoms with Crippen LogP contribution in [0.3, 0.4) is 0 Å². The van der Waals surface area contributed by atoms with Gasteiger partial charge in [0, 0.05) is 25.2 Å². The molecule has 1 aliphatic rings. The van der Waals surface area contributed by atoms with E-state index in [1.165, 1.54) is 45.5 Å². The highest BCUT2D eigenvalue weighted by atomic mass is 32.2. The van der Waals surface area contributed by atoms with E-state index in [1.54, 1.807) is 12.1 Å². The first-order valence-corrected chi connectivity index (χ1v) is 11.2. The zero-order valence-corrected chi connectivity index (χ0v) is 17.7. The van der Waals surface area contributed by atoms with Gasteiger partial charge in [0.15, 0.2) is 0 Å². The molecular weight excluding hydrogens is 440 g/mol. The lowest BCUT2D eigenvalue weighted by Crippen LogP contribution is -2.40. The third-order valence-corrected chi connectivity index (χ3v) is 6.96. The monoisotopic (exact) mass is 460 g/mol. The van der Waals surface area contributed by atoms with Gasteiger partial charge in [-0.25, -0.2) is 13.4 Å². The number of benzene rings is 2. The average Bonchev–Trinajstić information content (AvgIpc) is 2.81. The Hall–Kier alpha value is -3.35. The minimum absolute atomic E-state index is 0.135. The Kier molecular flexibility index (Phi) is 6.17. The predicted molar refractivity (Wildman–Crippen MR) is 114 cm³/mol. The molecule has 2 aromatic carbocycles. The molecule has 0 saturated carbocycles. The van der Waals surface area contributed by atoms with Gasteiger partial charge in [-0.3, -0.25) is 19.5 Å². The molecule has 3 aromatic rings. The van der Waals surface area contributed by atoms with Crippen molar-refractivity contribution < 1.29 is 22.8 Å². The first-order chi connectivity index (χ1) is 15.4. The maximum atomic E-state index is 12.6. The lowest BCUT2D eigenvalue weighted by molar-refractivity contribution is -0.384. The maximum Gasteiger partial charge on any atom is 0.271 e. The number of hydrogen-bond donors (Lipinski definition) is 0. The summed E-state index contributed by atoms with van der Waals surface area (Å²) in [7, 11) is -3.58. The van der Waals surface area contributed by atoms with Crippen molar-refractivity contribution in [3.05, 3.63) is 69.3 Å². The van der Waals surface area contributed by atoms with Gasteiger partial charge in [0.2, 0.25) is 10.0 Å². The van der Waals surface area contributed by atoms with Crippen molar-refractivity contribution in [2.24, 2.45) is 0 Å². The summed E-state index contributed by atoms with van der Waals surface area (Å²) in [6.45, 7) is 1.74. The molecule has 32 heavy (non-hydrogen) atoms. The zero-order valence-electron chi connectivity index (χ0n) is 16.9. The highest BCUT2D eigenvalue weighted by Gasteiger charge is 2.26. The van der Waals surface area contributed by atoms with Crippen molar-refractivity contribution in [2.75, 3.05) is 32.9 Å². The van der Waals surface area contributed by atoms with Crippen LogP contribution in [0, 0.1) is 10.1 Å². The molecule has 0 spiro atoms. The van der Waals surface area contributed by atoms with Crippen molar-refractivity contribution in [2.45, 2.75) is 11.4 Å². The number of fused-ring (bicyclic) bond motifs is 1. The lowest BCUT2D eigenvalue weighted by Gasteiger charge is -2.26. The van der Waals surface area contributed by atoms with Gasteiger partial charge in [0.1, 0.15) is 12.4 Å². The van der Waals surface area contributed by atoms with Gasteiger partial charge in [-0.05, 0) is 30.3 Å². The number of hydrogen-bond acceptors (Lipinski definition) is 8. The first-order valence-electron chi connectivity index (χ1n) is 9.80. The minimum atomic E-state index is -3.58. The van der Waals surface area contributed by atoms with Crippen LogP contribution in [0.2, 0.25) is 0 Å². The highest BCUT2D eigenvalue weighted by Crippen LogP contribution is 2.21. The molecular formula is C20H20N4O7S. The van der Waals surface area contributed by atoms with E-state index in [0.717, 1.165) is 0 Å². The third-order valence-electron chi connectivity index (χ3n) is 5.05. The number of nitro benzene ring substituents is 1. The van der Waals surface area contributed by atoms with Gasteiger partial charge in [0.25, 0.3) is 11.2 Å². The van der Waals surface area contributed by atoms with Crippen LogP contribution in [0.4, 0.5) is 5.69 Å². The number of ether oxygens (including phenoxy) is 2. The third kappa shape index (κ3) is 4.47. The molecule has 1 aliphatic heterocycles. The SMILES string of the molecule is O=c1c2ccc([N+](=O)[O-])cc2ncn1CCOc1ccc(S(=O)(=O)N2CCOCC2)cc1. The summed E-state index contributed by atoms with van der Waals surface area (Å²) in [4.78, 5) is 27.2. The van der Waals surface area contributed by atoms with E-state index in [-0.39, 0.29) is 40.2 Å². The van der Waals surface area contributed by atoms with Crippen LogP contribution < -0.4 is 10.3 Å². The second kappa shape index (κ2) is 9.02. The fourth-order valence-corrected chi connectivity index (χ4v) is 4.73. The van der Waals surface area contributed by atoms with E-state index in [2.05, 4.69) is 4.98 Å². The number of sulfonamides is 1. The van der Waals surface area contributed by atoms with Crippen molar-refractivity contribution >= 4 is 26.6 Å². The Morgan fingerprint density at radius 3 is 2.53 bits per heavy atom. The number of non-ortho nitro benzene ring substituents is 1. The standard InChI is InChI=1S/C20H20N4O7S/c25-20-18-6-1-15(24(26)27)13-19(18)21-14-22(20)7-12-31-16-2-4-17(5-3-16)32(28,29)23-8-10-30-11-9-23/h1-6,13-14H,7-12H2. The summed E-state index contributed by atoms with van der Waals surface area (Å²) in [6.07, 6.45) is 1.32. The van der Waals surface area contributed by atoms with Crippen LogP contribution >= 0.6 is 0 Å². The molecule has 168 valence electrons. The Morgan fingerprint density at radius 2 is 1.84 bits per heavy atom. The largest absolute Gasteiger partial charge is 0.492 e. The van der Waals surface area contributed by atoms with Crippen LogP contribution in [-0.2, 0) is 21.3 Å². The molecule has 4 rings (SSSR count). The topological polar surface area (TPSA) is 134 Å². The normalized spacial score (nSPS) is 15.0. The van der Waals surface area contributed by atoms with Crippen LogP contribution in [0.5, 0.6) is 5.75 Å². The number of morpholine rings is 1. The zero-order chi connectivity index (χ0) is 22.7. The van der Waals surface area contributed by atoms with Gasteiger partial charge in [0.05, 0.1) is 46.8 Å². The summed E-state index contributed by atoms with van der Waals surface area (Å²) in [5, 5.41) is 11.1. The fraction of sp³-hybridized carbons (Fsp3) is 0.300. The van der Waals surface area contributed by atoms with Gasteiger partial charge >= 0.3 is 0 Å². The van der Waals surface area contributed by atoms with Crippen molar-refractivity contribution in [3.63, 3.8) is 0 Å². The molecule has 1 saturated heterocycles. The van der Waals surface area contributed by atoms with Gasteiger partial charge in [-0.15, -0.1) is 0 Å². The van der Waals surface area contributed by atoms with E-state index in [1.807, 2.05) is 0 Å². The fourth-order valence-electron chi connectivity index (χ4n) is 3.33. The summed E-state index contributed by atoms with van der Waals surface area (Å²) >= 11 is 0. The second-order valence-corrected chi connectivity index (χ2v) is 8.98. The van der Waals surface area contributed by atoms with Crippen LogP contribution in [0.15, 0.2) is 58.5 Å². The molecule has 0 aliphatic carbocycles. The molecule has 0 atom stereocenters. The molecule has 1 aromatic heterocycles. The molecule has 11 nitrogen and oxygen atoms in total. The van der Waals surface area contributed by atoms with E-state index in [9.17, 15) is 23.3 Å². The quantitative estimate of drug-likeness (QED) is 0.382. The molecule has 0 radical (unpaired) electrons. The molecule has 1 fully saturated rings. The summed E-state index contributed by atoms with van der Waals surface area (Å²) < 4.78 is 38.9. The average molecular weight is 460 g/mol. The van der Waals surface area contributed by atoms with Gasteiger partial charge < -0.3 is 9.47 Å². The molecule has 12 heteroatoms. The molecule has 0 unspecified atom stereocenters. The van der Waals surface area contributed by atoms with E-state index < -0.39 is 14.9 Å². The number of nitrogens with zero attached hydrogens (tertiary/aromatic N) is 4. The van der Waals surface area contributed by atoms with E-state index in [0.29, 0.717) is 32.1 Å². The van der Waals surface area contributed by atoms with Gasteiger partial charge in [-0.1, -0.05) is 0 Å². The summed E-state index contributed by atoms with van der Waals surface area (Å²) in [5.41, 5.74) is -0.219. The van der Waals surface area contributed by atoms with Crippen LogP contribution in [0.1, 0.15) is 0 Å². The number of nitro groups is 1. The molecule has 0 bridgehead atoms. The van der Waals surface area contributed by atoms with Crippen LogP contribution in [0.25, 0.3) is 10.9 Å². The minimum Gasteiger partial charge on any atom is -0.492 e. The second-order valence-electron chi connectivity index (χ2n) is 7.04. The Bertz CT molecular complexity index is 1300. The first kappa shape index (κ1) is 21.9. The highest BCUT2D eigenvalue weighted by molar-refractivity contribution is 7.89. The predicted octanol–water partition coefficient (Wildman–Crippen LogP) is 1.40. The number of aromatic nitrogens is 2. The van der Waals surface area contributed by atoms with Gasteiger partial charge in [-0.2, -0.15) is 4.31 Å². The Balaban J connectivity index is 1.40. The smallest absolute Gasteiger partial charge is 0.271 e. The van der Waals surface area contributed by atoms with Crippen molar-refractivity contribution in [3.8, 4) is 5.75 Å². The maximum absolute atomic E-state index is 12.6. The van der Waals surface area contributed by atoms with Crippen LogP contribution in [-0.4, -0.2) is 60.1 Å². The molecule has 0 N–H and O–H groups in total. The lowest BCUT2D eigenvalue weighted by atomic mass is 10.2. The van der Waals surface area contributed by atoms with E-state index >= 15 is 0 Å². The Labute approximate surface area is 183 Å². The molecule has 2 heterocycles. The van der Waals surface area contributed by atoms with E-state index in [4.69, 9.17) is 9.47 Å². The van der Waals surface area contributed by atoms with Crippen molar-refractivity contribution in [1.82, 2.24) is 13.9 Å². The summed E-state index contributed by atoms with van der Waals surface area (Å²) in [5.74, 6) is 0.461. The number of rotatable bonds is 7.